The smallest absolute Gasteiger partial charge is 0.182 e. The number of nitrogens with two attached hydrogens (primary N) is 1. The molecule has 0 spiro atoms. The van der Waals surface area contributed by atoms with Crippen LogP contribution < -0.4 is 5.73 Å². The summed E-state index contributed by atoms with van der Waals surface area (Å²) in [5.74, 6) is 0. The number of hydrogen-bond acceptors (Lipinski definition) is 3. The average molecular weight is 292 g/mol. The minimum Gasteiger partial charge on any atom is -0.399 e. The molecule has 5 heteroatoms. The maximum atomic E-state index is 12.0. The first-order valence-corrected chi connectivity index (χ1v) is 7.02. The summed E-state index contributed by atoms with van der Waals surface area (Å²) in [6.45, 7) is 3.56. The molecule has 15 heavy (non-hydrogen) atoms. The van der Waals surface area contributed by atoms with Crippen LogP contribution in [0.5, 0.6) is 0 Å². The van der Waals surface area contributed by atoms with Crippen molar-refractivity contribution in [2.24, 2.45) is 0 Å². The highest BCUT2D eigenvalue weighted by Gasteiger charge is 2.23. The summed E-state index contributed by atoms with van der Waals surface area (Å²) in [5.41, 5.74) is 6.10. The first-order valence-electron chi connectivity index (χ1n) is 4.68. The number of benzene rings is 1. The first-order chi connectivity index (χ1) is 6.89. The fourth-order valence-electron chi connectivity index (χ4n) is 1.18. The van der Waals surface area contributed by atoms with Crippen LogP contribution in [0.1, 0.15) is 20.3 Å². The Hall–Kier alpha value is -0.550. The van der Waals surface area contributed by atoms with Crippen LogP contribution in [0.4, 0.5) is 5.69 Å². The maximum absolute atomic E-state index is 12.0. The number of anilines is 1. The molecule has 0 heterocycles. The van der Waals surface area contributed by atoms with E-state index in [1.807, 2.05) is 6.92 Å². The average Bonchev–Trinajstić information content (AvgIpc) is 2.15. The fourth-order valence-corrected chi connectivity index (χ4v) is 3.72. The Morgan fingerprint density at radius 3 is 2.53 bits per heavy atom. The highest BCUT2D eigenvalue weighted by atomic mass is 79.9. The molecule has 0 bridgehead atoms. The largest absolute Gasteiger partial charge is 0.399 e. The van der Waals surface area contributed by atoms with Crippen LogP contribution in [0.25, 0.3) is 0 Å². The van der Waals surface area contributed by atoms with Crippen molar-refractivity contribution in [1.82, 2.24) is 0 Å². The molecule has 1 aromatic carbocycles. The lowest BCUT2D eigenvalue weighted by Gasteiger charge is -2.12. The quantitative estimate of drug-likeness (QED) is 0.871. The van der Waals surface area contributed by atoms with Crippen LogP contribution in [0.2, 0.25) is 0 Å². The van der Waals surface area contributed by atoms with Gasteiger partial charge in [-0.15, -0.1) is 0 Å². The van der Waals surface area contributed by atoms with Crippen molar-refractivity contribution in [2.75, 3.05) is 5.73 Å². The number of rotatable bonds is 3. The molecule has 1 aromatic rings. The van der Waals surface area contributed by atoms with E-state index in [1.165, 1.54) is 0 Å². The summed E-state index contributed by atoms with van der Waals surface area (Å²) < 4.78 is 24.6. The third kappa shape index (κ3) is 2.52. The van der Waals surface area contributed by atoms with Gasteiger partial charge in [-0.2, -0.15) is 0 Å². The van der Waals surface area contributed by atoms with Crippen molar-refractivity contribution in [1.29, 1.82) is 0 Å². The Bertz CT molecular complexity index is 456. The lowest BCUT2D eigenvalue weighted by molar-refractivity contribution is 0.580. The summed E-state index contributed by atoms with van der Waals surface area (Å²) in [6.07, 6.45) is 0.596. The molecule has 0 amide bonds. The molecule has 1 rings (SSSR count). The molecule has 3 nitrogen and oxygen atoms in total. The zero-order chi connectivity index (χ0) is 11.6. The van der Waals surface area contributed by atoms with E-state index in [2.05, 4.69) is 15.9 Å². The molecule has 0 aromatic heterocycles. The van der Waals surface area contributed by atoms with E-state index in [4.69, 9.17) is 5.73 Å². The molecule has 1 atom stereocenters. The Morgan fingerprint density at radius 2 is 2.07 bits per heavy atom. The van der Waals surface area contributed by atoms with E-state index in [0.29, 0.717) is 21.5 Å². The molecule has 0 saturated carbocycles. The summed E-state index contributed by atoms with van der Waals surface area (Å²) in [6, 6.07) is 4.75. The van der Waals surface area contributed by atoms with E-state index in [9.17, 15) is 8.42 Å². The van der Waals surface area contributed by atoms with Gasteiger partial charge in [-0.25, -0.2) is 8.42 Å². The van der Waals surface area contributed by atoms with Crippen molar-refractivity contribution >= 4 is 31.5 Å². The summed E-state index contributed by atoms with van der Waals surface area (Å²) in [4.78, 5) is 0.311. The van der Waals surface area contributed by atoms with E-state index < -0.39 is 9.84 Å². The maximum Gasteiger partial charge on any atom is 0.182 e. The molecular formula is C10H14BrNO2S. The highest BCUT2D eigenvalue weighted by molar-refractivity contribution is 9.10. The van der Waals surface area contributed by atoms with Gasteiger partial charge in [-0.3, -0.25) is 0 Å². The first kappa shape index (κ1) is 12.5. The van der Waals surface area contributed by atoms with Crippen molar-refractivity contribution in [3.63, 3.8) is 0 Å². The summed E-state index contributed by atoms with van der Waals surface area (Å²) in [7, 11) is -3.24. The van der Waals surface area contributed by atoms with Gasteiger partial charge in [-0.05, 0) is 47.5 Å². The minimum absolute atomic E-state index is 0.311. The van der Waals surface area contributed by atoms with Gasteiger partial charge in [0.15, 0.2) is 9.84 Å². The van der Waals surface area contributed by atoms with Crippen molar-refractivity contribution in [3.05, 3.63) is 22.7 Å². The van der Waals surface area contributed by atoms with Crippen molar-refractivity contribution in [2.45, 2.75) is 30.4 Å². The topological polar surface area (TPSA) is 60.2 Å². The fraction of sp³-hybridized carbons (Fsp3) is 0.400. The van der Waals surface area contributed by atoms with Gasteiger partial charge in [0.1, 0.15) is 0 Å². The molecular weight excluding hydrogens is 278 g/mol. The Kier molecular flexibility index (Phi) is 3.78. The Balaban J connectivity index is 3.28. The molecule has 2 N–H and O–H groups in total. The lowest BCUT2D eigenvalue weighted by atomic mass is 10.3. The van der Waals surface area contributed by atoms with Crippen molar-refractivity contribution < 1.29 is 8.42 Å². The zero-order valence-electron chi connectivity index (χ0n) is 8.70. The van der Waals surface area contributed by atoms with Gasteiger partial charge in [-0.1, -0.05) is 6.92 Å². The SMILES string of the molecule is CCC(C)S(=O)(=O)c1ccc(N)cc1Br. The van der Waals surface area contributed by atoms with Crippen LogP contribution in [-0.4, -0.2) is 13.7 Å². The standard InChI is InChI=1S/C10H14BrNO2S/c1-3-7(2)15(13,14)10-5-4-8(12)6-9(10)11/h4-7H,3,12H2,1-2H3. The molecule has 0 aliphatic carbocycles. The predicted molar refractivity (Wildman–Crippen MR) is 65.5 cm³/mol. The van der Waals surface area contributed by atoms with Gasteiger partial charge >= 0.3 is 0 Å². The monoisotopic (exact) mass is 291 g/mol. The second kappa shape index (κ2) is 4.53. The van der Waals surface area contributed by atoms with Crippen molar-refractivity contribution in [3.8, 4) is 0 Å². The van der Waals surface area contributed by atoms with Gasteiger partial charge in [0.05, 0.1) is 10.1 Å². The lowest BCUT2D eigenvalue weighted by Crippen LogP contribution is -2.17. The highest BCUT2D eigenvalue weighted by Crippen LogP contribution is 2.27. The van der Waals surface area contributed by atoms with E-state index in [1.54, 1.807) is 25.1 Å². The van der Waals surface area contributed by atoms with Crippen LogP contribution >= 0.6 is 15.9 Å². The summed E-state index contributed by atoms with van der Waals surface area (Å²) >= 11 is 3.22. The Labute approximate surface area is 98.7 Å². The predicted octanol–water partition coefficient (Wildman–Crippen LogP) is 2.60. The third-order valence-corrected chi connectivity index (χ3v) is 5.65. The Morgan fingerprint density at radius 1 is 1.47 bits per heavy atom. The molecule has 0 radical (unpaired) electrons. The molecule has 0 aliphatic rings. The minimum atomic E-state index is -3.24. The van der Waals surface area contributed by atoms with Gasteiger partial charge < -0.3 is 5.73 Å². The molecule has 84 valence electrons. The van der Waals surface area contributed by atoms with Crippen LogP contribution in [0, 0.1) is 0 Å². The van der Waals surface area contributed by atoms with Crippen LogP contribution in [0.15, 0.2) is 27.6 Å². The second-order valence-corrected chi connectivity index (χ2v) is 6.64. The van der Waals surface area contributed by atoms with E-state index >= 15 is 0 Å². The van der Waals surface area contributed by atoms with Crippen LogP contribution in [-0.2, 0) is 9.84 Å². The second-order valence-electron chi connectivity index (χ2n) is 3.45. The van der Waals surface area contributed by atoms with Gasteiger partial charge in [0.25, 0.3) is 0 Å². The zero-order valence-corrected chi connectivity index (χ0v) is 11.1. The normalized spacial score (nSPS) is 13.8. The van der Waals surface area contributed by atoms with Crippen LogP contribution in [0.3, 0.4) is 0 Å². The molecule has 0 aliphatic heterocycles. The van der Waals surface area contributed by atoms with Gasteiger partial charge in [0, 0.05) is 10.2 Å². The molecule has 1 unspecified atom stereocenters. The van der Waals surface area contributed by atoms with E-state index in [0.717, 1.165) is 0 Å². The molecule has 0 fully saturated rings. The third-order valence-electron chi connectivity index (χ3n) is 2.37. The number of halogens is 1. The number of hydrogen-bond donors (Lipinski definition) is 1. The number of nitrogen functional groups attached to an aromatic ring is 1. The van der Waals surface area contributed by atoms with E-state index in [-0.39, 0.29) is 5.25 Å². The molecule has 0 saturated heterocycles. The number of sulfone groups is 1. The van der Waals surface area contributed by atoms with Gasteiger partial charge in [0.2, 0.25) is 0 Å². The summed E-state index contributed by atoms with van der Waals surface area (Å²) in [5, 5.41) is -0.377.